The molecule has 0 saturated carbocycles. The SMILES string of the molecule is Cc1c(CC(C=N)C(=O)O)c2c([N+](=O)[O-])cc(Br)cc2n1C. The van der Waals surface area contributed by atoms with Crippen molar-refractivity contribution >= 4 is 44.7 Å². The van der Waals surface area contributed by atoms with E-state index in [-0.39, 0.29) is 12.1 Å². The summed E-state index contributed by atoms with van der Waals surface area (Å²) in [6.07, 6.45) is 0.899. The van der Waals surface area contributed by atoms with E-state index < -0.39 is 16.8 Å². The molecule has 0 aliphatic heterocycles. The molecular formula is C14H14BrN3O4. The molecule has 0 bridgehead atoms. The summed E-state index contributed by atoms with van der Waals surface area (Å²) in [7, 11) is 1.78. The zero-order valence-corrected chi connectivity index (χ0v) is 13.5. The second-order valence-corrected chi connectivity index (χ2v) is 5.93. The standard InChI is InChI=1S/C14H14BrN3O4/c1-7-10(3-8(6-16)14(19)20)13-11(17(7)2)4-9(15)5-12(13)18(21)22/h4-6,8,16H,3H2,1-2H3,(H,19,20). The quantitative estimate of drug-likeness (QED) is 0.480. The monoisotopic (exact) mass is 367 g/mol. The molecule has 1 aromatic heterocycles. The van der Waals surface area contributed by atoms with Crippen LogP contribution in [0, 0.1) is 28.4 Å². The molecule has 0 aliphatic rings. The fourth-order valence-corrected chi connectivity index (χ4v) is 2.98. The van der Waals surface area contributed by atoms with E-state index in [1.54, 1.807) is 24.6 Å². The first-order valence-electron chi connectivity index (χ1n) is 6.43. The van der Waals surface area contributed by atoms with Gasteiger partial charge in [-0.15, -0.1) is 0 Å². The van der Waals surface area contributed by atoms with E-state index in [1.165, 1.54) is 6.07 Å². The number of nitro groups is 1. The number of aryl methyl sites for hydroxylation is 1. The smallest absolute Gasteiger partial charge is 0.312 e. The van der Waals surface area contributed by atoms with Gasteiger partial charge in [0.1, 0.15) is 0 Å². The molecule has 22 heavy (non-hydrogen) atoms. The first-order chi connectivity index (χ1) is 10.3. The van der Waals surface area contributed by atoms with E-state index in [9.17, 15) is 14.9 Å². The molecule has 0 radical (unpaired) electrons. The highest BCUT2D eigenvalue weighted by Gasteiger charge is 2.26. The van der Waals surface area contributed by atoms with E-state index >= 15 is 0 Å². The number of carboxylic acid groups (broad SMARTS) is 1. The number of non-ortho nitro benzene ring substituents is 1. The second kappa shape index (κ2) is 5.88. The summed E-state index contributed by atoms with van der Waals surface area (Å²) in [6.45, 7) is 1.79. The highest BCUT2D eigenvalue weighted by Crippen LogP contribution is 2.36. The highest BCUT2D eigenvalue weighted by molar-refractivity contribution is 9.10. The summed E-state index contributed by atoms with van der Waals surface area (Å²) >= 11 is 3.26. The van der Waals surface area contributed by atoms with Gasteiger partial charge < -0.3 is 15.1 Å². The summed E-state index contributed by atoms with van der Waals surface area (Å²) in [6, 6.07) is 3.17. The predicted octanol–water partition coefficient (Wildman–Crippen LogP) is 3.05. The van der Waals surface area contributed by atoms with Crippen molar-refractivity contribution in [3.63, 3.8) is 0 Å². The number of nitro benzene ring substituents is 1. The Morgan fingerprint density at radius 2 is 2.23 bits per heavy atom. The van der Waals surface area contributed by atoms with Crippen molar-refractivity contribution in [1.29, 1.82) is 5.41 Å². The largest absolute Gasteiger partial charge is 0.481 e. The average molecular weight is 368 g/mol. The number of aliphatic carboxylic acids is 1. The first-order valence-corrected chi connectivity index (χ1v) is 7.22. The van der Waals surface area contributed by atoms with Gasteiger partial charge >= 0.3 is 5.97 Å². The third kappa shape index (κ3) is 2.61. The van der Waals surface area contributed by atoms with Crippen LogP contribution in [0.5, 0.6) is 0 Å². The summed E-state index contributed by atoms with van der Waals surface area (Å²) in [4.78, 5) is 22.0. The number of carboxylic acids is 1. The second-order valence-electron chi connectivity index (χ2n) is 5.01. The van der Waals surface area contributed by atoms with Crippen LogP contribution in [-0.2, 0) is 18.3 Å². The van der Waals surface area contributed by atoms with Crippen molar-refractivity contribution in [3.05, 3.63) is 38.0 Å². The highest BCUT2D eigenvalue weighted by atomic mass is 79.9. The number of hydrogen-bond donors (Lipinski definition) is 2. The maximum absolute atomic E-state index is 11.3. The lowest BCUT2D eigenvalue weighted by molar-refractivity contribution is -0.383. The van der Waals surface area contributed by atoms with Gasteiger partial charge in [-0.1, -0.05) is 15.9 Å². The van der Waals surface area contributed by atoms with Gasteiger partial charge in [0.15, 0.2) is 0 Å². The Kier molecular flexibility index (Phi) is 4.32. The minimum Gasteiger partial charge on any atom is -0.481 e. The zero-order chi connectivity index (χ0) is 16.6. The van der Waals surface area contributed by atoms with Crippen molar-refractivity contribution in [2.75, 3.05) is 0 Å². The van der Waals surface area contributed by atoms with Crippen LogP contribution in [-0.4, -0.2) is 26.8 Å². The average Bonchev–Trinajstić information content (AvgIpc) is 2.68. The van der Waals surface area contributed by atoms with Crippen LogP contribution in [0.25, 0.3) is 10.9 Å². The van der Waals surface area contributed by atoms with Gasteiger partial charge in [-0.05, 0) is 25.0 Å². The fraction of sp³-hybridized carbons (Fsp3) is 0.286. The number of nitrogens with one attached hydrogen (secondary N) is 1. The van der Waals surface area contributed by atoms with Gasteiger partial charge in [0.2, 0.25) is 0 Å². The van der Waals surface area contributed by atoms with E-state index in [2.05, 4.69) is 15.9 Å². The normalized spacial score (nSPS) is 12.3. The number of hydrogen-bond acceptors (Lipinski definition) is 4. The number of fused-ring (bicyclic) bond motifs is 1. The van der Waals surface area contributed by atoms with Crippen LogP contribution in [0.1, 0.15) is 11.3 Å². The maximum Gasteiger partial charge on any atom is 0.312 e. The minimum atomic E-state index is -1.12. The molecule has 1 aromatic carbocycles. The fourth-order valence-electron chi connectivity index (χ4n) is 2.55. The number of aromatic nitrogens is 1. The third-order valence-corrected chi connectivity index (χ3v) is 4.26. The lowest BCUT2D eigenvalue weighted by Crippen LogP contribution is -2.17. The summed E-state index contributed by atoms with van der Waals surface area (Å²) in [5.41, 5.74) is 1.93. The lowest BCUT2D eigenvalue weighted by Gasteiger charge is -2.07. The van der Waals surface area contributed by atoms with Crippen molar-refractivity contribution in [2.45, 2.75) is 13.3 Å². The van der Waals surface area contributed by atoms with Gasteiger partial charge in [0.05, 0.1) is 21.7 Å². The molecule has 1 unspecified atom stereocenters. The molecule has 7 nitrogen and oxygen atoms in total. The molecule has 0 amide bonds. The van der Waals surface area contributed by atoms with Gasteiger partial charge in [-0.2, -0.15) is 0 Å². The van der Waals surface area contributed by atoms with E-state index in [0.717, 1.165) is 11.9 Å². The summed E-state index contributed by atoms with van der Waals surface area (Å²) in [5.74, 6) is -2.13. The van der Waals surface area contributed by atoms with E-state index in [4.69, 9.17) is 10.5 Å². The Morgan fingerprint density at radius 3 is 2.73 bits per heavy atom. The van der Waals surface area contributed by atoms with E-state index in [0.29, 0.717) is 20.9 Å². The maximum atomic E-state index is 11.3. The molecule has 2 N–H and O–H groups in total. The van der Waals surface area contributed by atoms with Gasteiger partial charge in [-0.25, -0.2) is 0 Å². The number of carbonyl (C=O) groups is 1. The van der Waals surface area contributed by atoms with Crippen molar-refractivity contribution in [2.24, 2.45) is 13.0 Å². The molecule has 2 rings (SSSR count). The Balaban J connectivity index is 2.78. The first kappa shape index (κ1) is 16.2. The molecule has 116 valence electrons. The molecule has 0 spiro atoms. The number of benzene rings is 1. The Bertz CT molecular complexity index is 797. The summed E-state index contributed by atoms with van der Waals surface area (Å²) in [5, 5.41) is 28.1. The van der Waals surface area contributed by atoms with Gasteiger partial charge in [-0.3, -0.25) is 14.9 Å². The number of nitrogens with zero attached hydrogens (tertiary/aromatic N) is 2. The molecule has 0 fully saturated rings. The van der Waals surface area contributed by atoms with Crippen LogP contribution in [0.4, 0.5) is 5.69 Å². The van der Waals surface area contributed by atoms with Crippen LogP contribution in [0.3, 0.4) is 0 Å². The van der Waals surface area contributed by atoms with Crippen molar-refractivity contribution < 1.29 is 14.8 Å². The Morgan fingerprint density at radius 1 is 1.59 bits per heavy atom. The van der Waals surface area contributed by atoms with Crippen LogP contribution >= 0.6 is 15.9 Å². The van der Waals surface area contributed by atoms with Gasteiger partial charge in [0, 0.05) is 29.5 Å². The van der Waals surface area contributed by atoms with Crippen LogP contribution < -0.4 is 0 Å². The minimum absolute atomic E-state index is 0.0461. The molecular weight excluding hydrogens is 354 g/mol. The molecule has 2 aromatic rings. The topological polar surface area (TPSA) is 109 Å². The van der Waals surface area contributed by atoms with Crippen LogP contribution in [0.2, 0.25) is 0 Å². The van der Waals surface area contributed by atoms with Gasteiger partial charge in [0.25, 0.3) is 5.69 Å². The number of rotatable bonds is 5. The van der Waals surface area contributed by atoms with E-state index in [1.807, 2.05) is 0 Å². The lowest BCUT2D eigenvalue weighted by atomic mass is 9.97. The molecule has 0 aliphatic carbocycles. The van der Waals surface area contributed by atoms with Crippen molar-refractivity contribution in [1.82, 2.24) is 4.57 Å². The zero-order valence-electron chi connectivity index (χ0n) is 12.0. The number of halogens is 1. The Hall–Kier alpha value is -2.22. The third-order valence-electron chi connectivity index (χ3n) is 3.80. The van der Waals surface area contributed by atoms with Crippen LogP contribution in [0.15, 0.2) is 16.6 Å². The van der Waals surface area contributed by atoms with Crippen molar-refractivity contribution in [3.8, 4) is 0 Å². The molecule has 8 heteroatoms. The summed E-state index contributed by atoms with van der Waals surface area (Å²) < 4.78 is 2.38. The molecule has 1 atom stereocenters. The Labute approximate surface area is 134 Å². The molecule has 0 saturated heterocycles. The predicted molar refractivity (Wildman–Crippen MR) is 85.6 cm³/mol. The molecule has 1 heterocycles.